The van der Waals surface area contributed by atoms with Crippen LogP contribution in [-0.4, -0.2) is 17.6 Å². The molecule has 3 rings (SSSR count). The molecule has 4 heteroatoms. The molecule has 112 valence electrons. The van der Waals surface area contributed by atoms with Crippen molar-refractivity contribution < 1.29 is 4.42 Å². The van der Waals surface area contributed by atoms with E-state index in [0.29, 0.717) is 0 Å². The molecule has 1 fully saturated rings. The summed E-state index contributed by atoms with van der Waals surface area (Å²) in [5.74, 6) is 1.98. The Morgan fingerprint density at radius 1 is 1.33 bits per heavy atom. The van der Waals surface area contributed by atoms with Crippen LogP contribution in [0.4, 0.5) is 5.82 Å². The number of aromatic nitrogens is 1. The zero-order valence-corrected chi connectivity index (χ0v) is 12.8. The first-order valence-corrected chi connectivity index (χ1v) is 7.73. The van der Waals surface area contributed by atoms with Crippen molar-refractivity contribution in [2.45, 2.75) is 45.8 Å². The van der Waals surface area contributed by atoms with E-state index in [1.54, 1.807) is 6.26 Å². The molecular weight excluding hydrogens is 262 g/mol. The molecule has 0 aromatic carbocycles. The molecule has 0 saturated heterocycles. The van der Waals surface area contributed by atoms with Gasteiger partial charge in [0, 0.05) is 24.8 Å². The number of nitrogens with one attached hydrogen (secondary N) is 1. The SMILES string of the molecule is CCN(Cc1ccco1)c1ccc(CNC2CC2)c(C)n1. The summed E-state index contributed by atoms with van der Waals surface area (Å²) in [6, 6.07) is 8.97. The topological polar surface area (TPSA) is 41.3 Å². The Bertz CT molecular complexity index is 576. The molecule has 0 aliphatic heterocycles. The van der Waals surface area contributed by atoms with Crippen molar-refractivity contribution in [2.75, 3.05) is 11.4 Å². The highest BCUT2D eigenvalue weighted by molar-refractivity contribution is 5.42. The molecule has 0 atom stereocenters. The predicted molar refractivity (Wildman–Crippen MR) is 84.3 cm³/mol. The van der Waals surface area contributed by atoms with Crippen LogP contribution in [0.3, 0.4) is 0 Å². The summed E-state index contributed by atoms with van der Waals surface area (Å²) in [7, 11) is 0. The van der Waals surface area contributed by atoms with Crippen LogP contribution in [0.1, 0.15) is 36.8 Å². The number of nitrogens with zero attached hydrogens (tertiary/aromatic N) is 2. The number of rotatable bonds is 7. The van der Waals surface area contributed by atoms with Crippen LogP contribution in [0.5, 0.6) is 0 Å². The molecule has 1 aliphatic carbocycles. The molecule has 0 amide bonds. The molecule has 1 saturated carbocycles. The van der Waals surface area contributed by atoms with Crippen molar-refractivity contribution in [3.8, 4) is 0 Å². The summed E-state index contributed by atoms with van der Waals surface area (Å²) in [6.45, 7) is 6.83. The Morgan fingerprint density at radius 2 is 2.19 bits per heavy atom. The smallest absolute Gasteiger partial charge is 0.129 e. The Labute approximate surface area is 126 Å². The fourth-order valence-electron chi connectivity index (χ4n) is 2.43. The van der Waals surface area contributed by atoms with E-state index in [1.165, 1.54) is 18.4 Å². The Hall–Kier alpha value is -1.81. The Morgan fingerprint density at radius 3 is 2.81 bits per heavy atom. The number of pyridine rings is 1. The molecule has 1 aliphatic rings. The third kappa shape index (κ3) is 3.64. The quantitative estimate of drug-likeness (QED) is 0.848. The van der Waals surface area contributed by atoms with Crippen LogP contribution >= 0.6 is 0 Å². The molecule has 4 nitrogen and oxygen atoms in total. The first kappa shape index (κ1) is 14.1. The Balaban J connectivity index is 1.69. The summed E-state index contributed by atoms with van der Waals surface area (Å²) in [5.41, 5.74) is 2.40. The lowest BCUT2D eigenvalue weighted by Gasteiger charge is -2.21. The minimum Gasteiger partial charge on any atom is -0.467 e. The van der Waals surface area contributed by atoms with Crippen molar-refractivity contribution >= 4 is 5.82 Å². The lowest BCUT2D eigenvalue weighted by Crippen LogP contribution is -2.23. The normalized spacial score (nSPS) is 14.4. The highest BCUT2D eigenvalue weighted by atomic mass is 16.3. The van der Waals surface area contributed by atoms with Gasteiger partial charge < -0.3 is 14.6 Å². The van der Waals surface area contributed by atoms with Gasteiger partial charge in [0.05, 0.1) is 12.8 Å². The molecule has 2 heterocycles. The molecule has 21 heavy (non-hydrogen) atoms. The van der Waals surface area contributed by atoms with E-state index in [0.717, 1.165) is 42.9 Å². The van der Waals surface area contributed by atoms with Crippen LogP contribution in [0.15, 0.2) is 34.9 Å². The second kappa shape index (κ2) is 6.31. The largest absolute Gasteiger partial charge is 0.467 e. The van der Waals surface area contributed by atoms with Crippen LogP contribution < -0.4 is 10.2 Å². The van der Waals surface area contributed by atoms with Crippen molar-refractivity contribution in [2.24, 2.45) is 0 Å². The monoisotopic (exact) mass is 285 g/mol. The number of hydrogen-bond acceptors (Lipinski definition) is 4. The average molecular weight is 285 g/mol. The van der Waals surface area contributed by atoms with Crippen molar-refractivity contribution in [3.05, 3.63) is 47.5 Å². The van der Waals surface area contributed by atoms with E-state index in [2.05, 4.69) is 36.2 Å². The maximum Gasteiger partial charge on any atom is 0.129 e. The van der Waals surface area contributed by atoms with Gasteiger partial charge in [-0.1, -0.05) is 6.07 Å². The summed E-state index contributed by atoms with van der Waals surface area (Å²) < 4.78 is 5.43. The highest BCUT2D eigenvalue weighted by Gasteiger charge is 2.20. The van der Waals surface area contributed by atoms with Crippen molar-refractivity contribution in [1.29, 1.82) is 0 Å². The van der Waals surface area contributed by atoms with Gasteiger partial charge in [0.15, 0.2) is 0 Å². The number of hydrogen-bond donors (Lipinski definition) is 1. The number of aryl methyl sites for hydroxylation is 1. The average Bonchev–Trinajstić information content (AvgIpc) is 3.18. The van der Waals surface area contributed by atoms with Crippen LogP contribution in [0, 0.1) is 6.92 Å². The van der Waals surface area contributed by atoms with Gasteiger partial charge in [-0.3, -0.25) is 0 Å². The second-order valence-electron chi connectivity index (χ2n) is 5.66. The third-order valence-corrected chi connectivity index (χ3v) is 3.97. The zero-order valence-electron chi connectivity index (χ0n) is 12.8. The fraction of sp³-hybridized carbons (Fsp3) is 0.471. The Kier molecular flexibility index (Phi) is 4.25. The van der Waals surface area contributed by atoms with E-state index in [1.807, 2.05) is 12.1 Å². The minimum absolute atomic E-state index is 0.732. The lowest BCUT2D eigenvalue weighted by molar-refractivity contribution is 0.502. The molecule has 0 spiro atoms. The van der Waals surface area contributed by atoms with Crippen LogP contribution in [0.2, 0.25) is 0 Å². The predicted octanol–water partition coefficient (Wildman–Crippen LogP) is 3.26. The summed E-state index contributed by atoms with van der Waals surface area (Å²) in [4.78, 5) is 6.99. The summed E-state index contributed by atoms with van der Waals surface area (Å²) in [6.07, 6.45) is 4.35. The molecule has 0 radical (unpaired) electrons. The third-order valence-electron chi connectivity index (χ3n) is 3.97. The van der Waals surface area contributed by atoms with Crippen molar-refractivity contribution in [1.82, 2.24) is 10.3 Å². The number of anilines is 1. The van der Waals surface area contributed by atoms with Gasteiger partial charge in [0.2, 0.25) is 0 Å². The molecule has 2 aromatic rings. The molecular formula is C17H23N3O. The summed E-state index contributed by atoms with van der Waals surface area (Å²) in [5, 5.41) is 3.54. The van der Waals surface area contributed by atoms with E-state index >= 15 is 0 Å². The van der Waals surface area contributed by atoms with Gasteiger partial charge in [-0.2, -0.15) is 0 Å². The maximum atomic E-state index is 5.43. The first-order valence-electron chi connectivity index (χ1n) is 7.73. The summed E-state index contributed by atoms with van der Waals surface area (Å²) >= 11 is 0. The van der Waals surface area contributed by atoms with Gasteiger partial charge in [0.25, 0.3) is 0 Å². The van der Waals surface area contributed by atoms with E-state index in [-0.39, 0.29) is 0 Å². The van der Waals surface area contributed by atoms with E-state index in [4.69, 9.17) is 9.40 Å². The van der Waals surface area contributed by atoms with Gasteiger partial charge in [-0.25, -0.2) is 4.98 Å². The van der Waals surface area contributed by atoms with E-state index < -0.39 is 0 Å². The molecule has 1 N–H and O–H groups in total. The standard InChI is InChI=1S/C17H23N3O/c1-3-20(12-16-5-4-10-21-16)17-9-6-14(13(2)19-17)11-18-15-7-8-15/h4-6,9-10,15,18H,3,7-8,11-12H2,1-2H3. The van der Waals surface area contributed by atoms with Gasteiger partial charge in [-0.05, 0) is 50.5 Å². The van der Waals surface area contributed by atoms with Crippen molar-refractivity contribution in [3.63, 3.8) is 0 Å². The lowest BCUT2D eigenvalue weighted by atomic mass is 10.2. The minimum atomic E-state index is 0.732. The highest BCUT2D eigenvalue weighted by Crippen LogP contribution is 2.21. The first-order chi connectivity index (χ1) is 10.3. The maximum absolute atomic E-state index is 5.43. The van der Waals surface area contributed by atoms with Crippen LogP contribution in [0.25, 0.3) is 0 Å². The van der Waals surface area contributed by atoms with Crippen LogP contribution in [-0.2, 0) is 13.1 Å². The molecule has 0 unspecified atom stereocenters. The number of furan rings is 1. The van der Waals surface area contributed by atoms with Gasteiger partial charge in [0.1, 0.15) is 11.6 Å². The van der Waals surface area contributed by atoms with Gasteiger partial charge in [-0.15, -0.1) is 0 Å². The second-order valence-corrected chi connectivity index (χ2v) is 5.66. The molecule has 0 bridgehead atoms. The van der Waals surface area contributed by atoms with Gasteiger partial charge >= 0.3 is 0 Å². The molecule has 2 aromatic heterocycles. The zero-order chi connectivity index (χ0) is 14.7. The van der Waals surface area contributed by atoms with E-state index in [9.17, 15) is 0 Å². The fourth-order valence-corrected chi connectivity index (χ4v) is 2.43.